The first-order valence-corrected chi connectivity index (χ1v) is 8.77. The molecule has 0 bridgehead atoms. The van der Waals surface area contributed by atoms with Crippen molar-refractivity contribution in [3.05, 3.63) is 28.2 Å². The van der Waals surface area contributed by atoms with E-state index in [0.29, 0.717) is 18.0 Å². The number of piperidine rings is 1. The molecule has 0 spiro atoms. The van der Waals surface area contributed by atoms with E-state index in [1.54, 1.807) is 0 Å². The molecule has 0 aromatic heterocycles. The van der Waals surface area contributed by atoms with Gasteiger partial charge in [0, 0.05) is 24.0 Å². The number of halogens is 2. The van der Waals surface area contributed by atoms with E-state index in [4.69, 9.17) is 28.9 Å². The summed E-state index contributed by atoms with van der Waals surface area (Å²) >= 11 is 11.8. The summed E-state index contributed by atoms with van der Waals surface area (Å²) in [6.45, 7) is 0.360. The molecular weight excluding hydrogens is 335 g/mol. The highest BCUT2D eigenvalue weighted by Crippen LogP contribution is 2.31. The summed E-state index contributed by atoms with van der Waals surface area (Å²) in [5.74, 6) is -0.510. The van der Waals surface area contributed by atoms with Gasteiger partial charge >= 0.3 is 0 Å². The van der Waals surface area contributed by atoms with Crippen molar-refractivity contribution in [2.24, 2.45) is 5.73 Å². The minimum Gasteiger partial charge on any atom is -0.370 e. The number of primary amides is 1. The van der Waals surface area contributed by atoms with Crippen LogP contribution >= 0.6 is 23.2 Å². The van der Waals surface area contributed by atoms with Gasteiger partial charge in [-0.15, -0.1) is 0 Å². The molecule has 1 amide bonds. The first-order valence-electron chi connectivity index (χ1n) is 6.57. The van der Waals surface area contributed by atoms with Crippen molar-refractivity contribution in [3.8, 4) is 0 Å². The van der Waals surface area contributed by atoms with Gasteiger partial charge in [0.25, 0.3) is 0 Å². The Hall–Kier alpha value is -0.820. The van der Waals surface area contributed by atoms with Gasteiger partial charge in [0.15, 0.2) is 0 Å². The average Bonchev–Trinajstić information content (AvgIpc) is 2.37. The predicted molar refractivity (Wildman–Crippen MR) is 81.8 cm³/mol. The molecule has 0 aliphatic carbocycles. The second kappa shape index (κ2) is 6.52. The van der Waals surface area contributed by atoms with Gasteiger partial charge in [-0.1, -0.05) is 29.6 Å². The summed E-state index contributed by atoms with van der Waals surface area (Å²) in [4.78, 5) is 11.1. The Labute approximate surface area is 134 Å². The van der Waals surface area contributed by atoms with E-state index in [0.717, 1.165) is 12.8 Å². The topological polar surface area (TPSA) is 80.5 Å². The van der Waals surface area contributed by atoms with Crippen LogP contribution in [0, 0.1) is 0 Å². The van der Waals surface area contributed by atoms with Crippen LogP contribution in [0.4, 0.5) is 0 Å². The van der Waals surface area contributed by atoms with E-state index < -0.39 is 22.0 Å². The van der Waals surface area contributed by atoms with E-state index in [9.17, 15) is 13.2 Å². The fourth-order valence-corrected chi connectivity index (χ4v) is 4.98. The van der Waals surface area contributed by atoms with Crippen molar-refractivity contribution >= 4 is 39.1 Å². The Kier molecular flexibility index (Phi) is 5.14. The lowest BCUT2D eigenvalue weighted by Crippen LogP contribution is -2.45. The molecule has 2 N–H and O–H groups in total. The molecule has 1 aliphatic heterocycles. The molecule has 0 saturated carbocycles. The van der Waals surface area contributed by atoms with Gasteiger partial charge in [-0.2, -0.15) is 4.31 Å². The number of hydrogen-bond acceptors (Lipinski definition) is 3. The number of nitrogens with two attached hydrogens (primary N) is 1. The summed E-state index contributed by atoms with van der Waals surface area (Å²) in [5, 5.41) is 0.442. The molecule has 1 aliphatic rings. The molecule has 8 heteroatoms. The van der Waals surface area contributed by atoms with Crippen LogP contribution in [-0.4, -0.2) is 31.2 Å². The minimum atomic E-state index is -3.77. The molecule has 2 rings (SSSR count). The maximum absolute atomic E-state index is 12.8. The molecule has 1 heterocycles. The first kappa shape index (κ1) is 16.5. The van der Waals surface area contributed by atoms with Crippen LogP contribution in [0.5, 0.6) is 0 Å². The zero-order chi connectivity index (χ0) is 15.6. The lowest BCUT2D eigenvalue weighted by molar-refractivity contribution is -0.119. The van der Waals surface area contributed by atoms with Gasteiger partial charge < -0.3 is 5.73 Å². The summed E-state index contributed by atoms with van der Waals surface area (Å²) in [6.07, 6.45) is 2.26. The zero-order valence-corrected chi connectivity index (χ0v) is 13.6. The molecule has 0 radical (unpaired) electrons. The van der Waals surface area contributed by atoms with Crippen molar-refractivity contribution in [1.29, 1.82) is 0 Å². The maximum Gasteiger partial charge on any atom is 0.244 e. The number of nitrogens with zero attached hydrogens (tertiary/aromatic N) is 1. The normalized spacial score (nSPS) is 20.4. The number of carbonyl (C=O) groups excluding carboxylic acids is 1. The molecule has 1 aromatic rings. The van der Waals surface area contributed by atoms with Gasteiger partial charge in [-0.05, 0) is 31.0 Å². The molecule has 5 nitrogen and oxygen atoms in total. The monoisotopic (exact) mass is 350 g/mol. The van der Waals surface area contributed by atoms with Crippen molar-refractivity contribution < 1.29 is 13.2 Å². The lowest BCUT2D eigenvalue weighted by atomic mass is 10.0. The third-order valence-corrected chi connectivity index (χ3v) is 6.16. The fraction of sp³-hybridized carbons (Fsp3) is 0.462. The Morgan fingerprint density at radius 3 is 2.67 bits per heavy atom. The summed E-state index contributed by atoms with van der Waals surface area (Å²) in [7, 11) is -3.77. The van der Waals surface area contributed by atoms with Gasteiger partial charge in [-0.3, -0.25) is 4.79 Å². The third kappa shape index (κ3) is 3.69. The zero-order valence-electron chi connectivity index (χ0n) is 11.3. The highest BCUT2D eigenvalue weighted by molar-refractivity contribution is 7.89. The smallest absolute Gasteiger partial charge is 0.244 e. The molecule has 116 valence electrons. The molecule has 1 saturated heterocycles. The van der Waals surface area contributed by atoms with Gasteiger partial charge in [0.2, 0.25) is 15.9 Å². The van der Waals surface area contributed by atoms with E-state index in [2.05, 4.69) is 0 Å². The number of hydrogen-bond donors (Lipinski definition) is 1. The third-order valence-electron chi connectivity index (χ3n) is 3.49. The minimum absolute atomic E-state index is 0.00457. The first-order chi connectivity index (χ1) is 9.82. The van der Waals surface area contributed by atoms with Gasteiger partial charge in [0.05, 0.1) is 5.02 Å². The van der Waals surface area contributed by atoms with Crippen molar-refractivity contribution in [2.45, 2.75) is 36.6 Å². The van der Waals surface area contributed by atoms with Crippen LogP contribution in [0.25, 0.3) is 0 Å². The second-order valence-corrected chi connectivity index (χ2v) is 7.71. The SMILES string of the molecule is NC(=O)CC1CCCCN1S(=O)(=O)c1ccc(Cl)cc1Cl. The molecule has 21 heavy (non-hydrogen) atoms. The molecule has 1 atom stereocenters. The van der Waals surface area contributed by atoms with Crippen LogP contribution in [0.3, 0.4) is 0 Å². The summed E-state index contributed by atoms with van der Waals surface area (Å²) in [6, 6.07) is 3.85. The van der Waals surface area contributed by atoms with Crippen LogP contribution in [0.1, 0.15) is 25.7 Å². The van der Waals surface area contributed by atoms with Crippen molar-refractivity contribution in [3.63, 3.8) is 0 Å². The Morgan fingerprint density at radius 2 is 2.05 bits per heavy atom. The van der Waals surface area contributed by atoms with Crippen LogP contribution < -0.4 is 5.73 Å². The lowest BCUT2D eigenvalue weighted by Gasteiger charge is -2.34. The van der Waals surface area contributed by atoms with Crippen molar-refractivity contribution in [2.75, 3.05) is 6.54 Å². The summed E-state index contributed by atoms with van der Waals surface area (Å²) < 4.78 is 26.8. The van der Waals surface area contributed by atoms with E-state index >= 15 is 0 Å². The quantitative estimate of drug-likeness (QED) is 0.905. The standard InChI is InChI=1S/C13H16Cl2N2O3S/c14-9-4-5-12(11(15)7-9)21(19,20)17-6-2-1-3-10(17)8-13(16)18/h4-5,7,10H,1-3,6,8H2,(H2,16,18). The Balaban J connectivity index is 2.38. The fourth-order valence-electron chi connectivity index (χ4n) is 2.54. The van der Waals surface area contributed by atoms with Crippen LogP contribution in [0.2, 0.25) is 10.0 Å². The Bertz CT molecular complexity index is 649. The average molecular weight is 351 g/mol. The number of amides is 1. The summed E-state index contributed by atoms with van der Waals surface area (Å²) in [5.41, 5.74) is 5.21. The number of rotatable bonds is 4. The van der Waals surface area contributed by atoms with Gasteiger partial charge in [0.1, 0.15) is 4.90 Å². The van der Waals surface area contributed by atoms with E-state index in [1.807, 2.05) is 0 Å². The van der Waals surface area contributed by atoms with Crippen LogP contribution in [-0.2, 0) is 14.8 Å². The highest BCUT2D eigenvalue weighted by Gasteiger charge is 2.35. The maximum atomic E-state index is 12.8. The molecule has 1 aromatic carbocycles. The molecular formula is C13H16Cl2N2O3S. The molecule has 1 fully saturated rings. The van der Waals surface area contributed by atoms with Gasteiger partial charge in [-0.25, -0.2) is 8.42 Å². The largest absolute Gasteiger partial charge is 0.370 e. The van der Waals surface area contributed by atoms with E-state index in [-0.39, 0.29) is 16.3 Å². The number of benzene rings is 1. The van der Waals surface area contributed by atoms with Crippen LogP contribution in [0.15, 0.2) is 23.1 Å². The highest BCUT2D eigenvalue weighted by atomic mass is 35.5. The van der Waals surface area contributed by atoms with Crippen molar-refractivity contribution in [1.82, 2.24) is 4.31 Å². The Morgan fingerprint density at radius 1 is 1.33 bits per heavy atom. The second-order valence-electron chi connectivity index (χ2n) is 5.01. The predicted octanol–water partition coefficient (Wildman–Crippen LogP) is 2.41. The number of carbonyl (C=O) groups is 1. The number of sulfonamides is 1. The van der Waals surface area contributed by atoms with E-state index in [1.165, 1.54) is 22.5 Å². The molecule has 1 unspecified atom stereocenters.